The van der Waals surface area contributed by atoms with E-state index >= 15 is 0 Å². The van der Waals surface area contributed by atoms with Gasteiger partial charge in [-0.05, 0) is 24.3 Å². The van der Waals surface area contributed by atoms with Gasteiger partial charge in [-0.3, -0.25) is 4.79 Å². The molecule has 0 aliphatic heterocycles. The van der Waals surface area contributed by atoms with E-state index in [1.165, 1.54) is 24.3 Å². The van der Waals surface area contributed by atoms with Crippen molar-refractivity contribution in [1.82, 2.24) is 14.9 Å². The maximum atomic E-state index is 14.3. The molecule has 0 aliphatic rings. The number of nitrogens with zero attached hydrogens (tertiary/aromatic N) is 2. The number of carbonyl (C=O) groups is 1. The first-order valence-corrected chi connectivity index (χ1v) is 8.20. The zero-order valence-electron chi connectivity index (χ0n) is 13.2. The standard InChI is InChI=1S/C18H14Cl2FN3O/c1-24-7-6-22-17(24)16(14-4-2-3-5-15(14)21)23-18(25)11-8-12(19)10-13(20)9-11/h2-10,16H,1H3,(H,23,25). The lowest BCUT2D eigenvalue weighted by Crippen LogP contribution is -2.31. The second kappa shape index (κ2) is 7.25. The van der Waals surface area contributed by atoms with Crippen LogP contribution in [0.25, 0.3) is 0 Å². The molecule has 3 aromatic rings. The molecule has 1 heterocycles. The van der Waals surface area contributed by atoms with Gasteiger partial charge in [-0.2, -0.15) is 0 Å². The fourth-order valence-electron chi connectivity index (χ4n) is 2.55. The molecule has 0 aliphatic carbocycles. The summed E-state index contributed by atoms with van der Waals surface area (Å²) in [6.45, 7) is 0. The highest BCUT2D eigenvalue weighted by atomic mass is 35.5. The number of rotatable bonds is 4. The lowest BCUT2D eigenvalue weighted by molar-refractivity contribution is 0.0940. The van der Waals surface area contributed by atoms with Crippen molar-refractivity contribution in [2.75, 3.05) is 0 Å². The van der Waals surface area contributed by atoms with Crippen LogP contribution < -0.4 is 5.32 Å². The van der Waals surface area contributed by atoms with Crippen LogP contribution in [0.2, 0.25) is 10.0 Å². The van der Waals surface area contributed by atoms with Gasteiger partial charge < -0.3 is 9.88 Å². The van der Waals surface area contributed by atoms with Crippen LogP contribution in [0, 0.1) is 5.82 Å². The van der Waals surface area contributed by atoms with E-state index in [1.54, 1.807) is 42.2 Å². The van der Waals surface area contributed by atoms with Gasteiger partial charge in [0.25, 0.3) is 5.91 Å². The third-order valence-corrected chi connectivity index (χ3v) is 4.17. The van der Waals surface area contributed by atoms with Gasteiger partial charge in [0.2, 0.25) is 0 Å². The Balaban J connectivity index is 2.00. The minimum atomic E-state index is -0.758. The fourth-order valence-corrected chi connectivity index (χ4v) is 3.07. The van der Waals surface area contributed by atoms with Crippen molar-refractivity contribution in [3.63, 3.8) is 0 Å². The van der Waals surface area contributed by atoms with Crippen molar-refractivity contribution in [2.24, 2.45) is 7.05 Å². The topological polar surface area (TPSA) is 46.9 Å². The van der Waals surface area contributed by atoms with Crippen molar-refractivity contribution in [2.45, 2.75) is 6.04 Å². The number of hydrogen-bond donors (Lipinski definition) is 1. The Morgan fingerprint density at radius 3 is 2.48 bits per heavy atom. The van der Waals surface area contributed by atoms with E-state index in [0.717, 1.165) is 0 Å². The monoisotopic (exact) mass is 377 g/mol. The number of imidazole rings is 1. The Labute approximate surface area is 154 Å². The van der Waals surface area contributed by atoms with E-state index < -0.39 is 17.8 Å². The van der Waals surface area contributed by atoms with Gasteiger partial charge in [-0.15, -0.1) is 0 Å². The van der Waals surface area contributed by atoms with Crippen LogP contribution in [-0.2, 0) is 7.05 Å². The number of carbonyl (C=O) groups excluding carboxylic acids is 1. The zero-order chi connectivity index (χ0) is 18.0. The summed E-state index contributed by atoms with van der Waals surface area (Å²) >= 11 is 11.9. The Bertz CT molecular complexity index is 906. The average Bonchev–Trinajstić information content (AvgIpc) is 2.98. The lowest BCUT2D eigenvalue weighted by Gasteiger charge is -2.20. The molecular weight excluding hydrogens is 364 g/mol. The van der Waals surface area contributed by atoms with Crippen molar-refractivity contribution < 1.29 is 9.18 Å². The Hall–Kier alpha value is -2.37. The highest BCUT2D eigenvalue weighted by Crippen LogP contribution is 2.25. The highest BCUT2D eigenvalue weighted by molar-refractivity contribution is 6.35. The van der Waals surface area contributed by atoms with Crippen molar-refractivity contribution in [3.8, 4) is 0 Å². The first-order chi connectivity index (χ1) is 12.0. The Morgan fingerprint density at radius 1 is 1.20 bits per heavy atom. The maximum Gasteiger partial charge on any atom is 0.252 e. The quantitative estimate of drug-likeness (QED) is 0.732. The normalized spacial score (nSPS) is 12.0. The van der Waals surface area contributed by atoms with Gasteiger partial charge in [0.15, 0.2) is 0 Å². The van der Waals surface area contributed by atoms with E-state index in [2.05, 4.69) is 10.3 Å². The summed E-state index contributed by atoms with van der Waals surface area (Å²) in [4.78, 5) is 16.9. The largest absolute Gasteiger partial charge is 0.338 e. The molecule has 0 bridgehead atoms. The summed E-state index contributed by atoms with van der Waals surface area (Å²) in [7, 11) is 1.78. The average molecular weight is 378 g/mol. The molecule has 4 nitrogen and oxygen atoms in total. The van der Waals surface area contributed by atoms with Crippen LogP contribution in [0.3, 0.4) is 0 Å². The molecule has 0 saturated carbocycles. The van der Waals surface area contributed by atoms with Gasteiger partial charge in [-0.1, -0.05) is 41.4 Å². The summed E-state index contributed by atoms with van der Waals surface area (Å²) in [6, 6.07) is 10.0. The van der Waals surface area contributed by atoms with Crippen LogP contribution >= 0.6 is 23.2 Å². The molecule has 0 fully saturated rings. The number of aryl methyl sites for hydroxylation is 1. The summed E-state index contributed by atoms with van der Waals surface area (Å²) in [5.41, 5.74) is 0.603. The molecule has 1 unspecified atom stereocenters. The SMILES string of the molecule is Cn1ccnc1C(NC(=O)c1cc(Cl)cc(Cl)c1)c1ccccc1F. The maximum absolute atomic E-state index is 14.3. The molecule has 3 rings (SSSR count). The minimum absolute atomic E-state index is 0.285. The van der Waals surface area contributed by atoms with Crippen LogP contribution in [0.1, 0.15) is 27.8 Å². The van der Waals surface area contributed by atoms with Crippen molar-refractivity contribution in [3.05, 3.63) is 87.7 Å². The number of aromatic nitrogens is 2. The third-order valence-electron chi connectivity index (χ3n) is 3.73. The Morgan fingerprint density at radius 2 is 1.88 bits per heavy atom. The molecule has 0 radical (unpaired) electrons. The van der Waals surface area contributed by atoms with Gasteiger partial charge in [-0.25, -0.2) is 9.37 Å². The molecule has 1 aromatic heterocycles. The van der Waals surface area contributed by atoms with Gasteiger partial charge >= 0.3 is 0 Å². The molecule has 1 amide bonds. The molecule has 0 saturated heterocycles. The second-order valence-corrected chi connectivity index (χ2v) is 6.36. The molecule has 1 atom stereocenters. The predicted molar refractivity (Wildman–Crippen MR) is 95.4 cm³/mol. The number of benzene rings is 2. The second-order valence-electron chi connectivity index (χ2n) is 5.48. The first kappa shape index (κ1) is 17.5. The smallest absolute Gasteiger partial charge is 0.252 e. The van der Waals surface area contributed by atoms with E-state index in [0.29, 0.717) is 21.4 Å². The Kier molecular flexibility index (Phi) is 5.06. The van der Waals surface area contributed by atoms with E-state index in [4.69, 9.17) is 23.2 Å². The van der Waals surface area contributed by atoms with E-state index in [1.807, 2.05) is 0 Å². The minimum Gasteiger partial charge on any atom is -0.338 e. The van der Waals surface area contributed by atoms with Crippen molar-refractivity contribution in [1.29, 1.82) is 0 Å². The number of hydrogen-bond acceptors (Lipinski definition) is 2. The molecule has 7 heteroatoms. The number of nitrogens with one attached hydrogen (secondary N) is 1. The third kappa shape index (κ3) is 3.83. The summed E-state index contributed by atoms with van der Waals surface area (Å²) < 4.78 is 16.0. The highest BCUT2D eigenvalue weighted by Gasteiger charge is 2.24. The van der Waals surface area contributed by atoms with Crippen LogP contribution in [0.5, 0.6) is 0 Å². The molecule has 0 spiro atoms. The number of halogens is 3. The summed E-state index contributed by atoms with van der Waals surface area (Å²) in [5, 5.41) is 3.50. The summed E-state index contributed by atoms with van der Waals surface area (Å²) in [6.07, 6.45) is 3.32. The molecule has 128 valence electrons. The van der Waals surface area contributed by atoms with Crippen LogP contribution in [-0.4, -0.2) is 15.5 Å². The molecule has 25 heavy (non-hydrogen) atoms. The zero-order valence-corrected chi connectivity index (χ0v) is 14.7. The lowest BCUT2D eigenvalue weighted by atomic mass is 10.0. The number of amides is 1. The predicted octanol–water partition coefficient (Wildman–Crippen LogP) is 4.39. The van der Waals surface area contributed by atoms with Crippen LogP contribution in [0.4, 0.5) is 4.39 Å². The molecular formula is C18H14Cl2FN3O. The summed E-state index contributed by atoms with van der Waals surface area (Å²) in [5.74, 6) is -0.354. The van der Waals surface area contributed by atoms with E-state index in [9.17, 15) is 9.18 Å². The molecule has 2 aromatic carbocycles. The van der Waals surface area contributed by atoms with Crippen molar-refractivity contribution >= 4 is 29.1 Å². The van der Waals surface area contributed by atoms with Gasteiger partial charge in [0.05, 0.1) is 0 Å². The van der Waals surface area contributed by atoms with Gasteiger partial charge in [0, 0.05) is 40.6 Å². The van der Waals surface area contributed by atoms with E-state index in [-0.39, 0.29) is 5.56 Å². The molecule has 1 N–H and O–H groups in total. The van der Waals surface area contributed by atoms with Crippen LogP contribution in [0.15, 0.2) is 54.9 Å². The first-order valence-electron chi connectivity index (χ1n) is 7.44. The van der Waals surface area contributed by atoms with Gasteiger partial charge in [0.1, 0.15) is 17.7 Å². The fraction of sp³-hybridized carbons (Fsp3) is 0.111.